The summed E-state index contributed by atoms with van der Waals surface area (Å²) in [6.45, 7) is 3.97. The number of likely N-dealkylation sites (tertiary alicyclic amines) is 1. The van der Waals surface area contributed by atoms with Crippen molar-refractivity contribution in [2.45, 2.75) is 50.8 Å². The van der Waals surface area contributed by atoms with Gasteiger partial charge in [-0.25, -0.2) is 0 Å². The Bertz CT molecular complexity index is 554. The Kier molecular flexibility index (Phi) is 5.24. The fourth-order valence-electron chi connectivity index (χ4n) is 3.33. The molecule has 1 aliphatic carbocycles. The number of benzene rings is 1. The van der Waals surface area contributed by atoms with Crippen LogP contribution in [0.3, 0.4) is 0 Å². The Morgan fingerprint density at radius 1 is 1.30 bits per heavy atom. The number of nitrogens with one attached hydrogen (secondary N) is 1. The van der Waals surface area contributed by atoms with Crippen LogP contribution >= 0.6 is 11.6 Å². The van der Waals surface area contributed by atoms with E-state index in [1.165, 1.54) is 5.56 Å². The first-order chi connectivity index (χ1) is 11.0. The molecule has 1 aliphatic heterocycles. The highest BCUT2D eigenvalue weighted by atomic mass is 35.5. The number of nitrogens with zero attached hydrogens (tertiary/aromatic N) is 1. The van der Waals surface area contributed by atoms with Crippen molar-refractivity contribution in [3.05, 3.63) is 34.9 Å². The van der Waals surface area contributed by atoms with Gasteiger partial charge in [0.2, 0.25) is 5.91 Å². The van der Waals surface area contributed by atoms with Crippen LogP contribution in [-0.4, -0.2) is 41.1 Å². The maximum atomic E-state index is 12.0. The number of rotatable bonds is 5. The van der Waals surface area contributed by atoms with Crippen LogP contribution in [-0.2, 0) is 4.79 Å². The molecule has 0 spiro atoms. The second kappa shape index (κ2) is 7.20. The van der Waals surface area contributed by atoms with Crippen LogP contribution in [0.15, 0.2) is 24.3 Å². The van der Waals surface area contributed by atoms with Gasteiger partial charge in [-0.3, -0.25) is 9.69 Å². The van der Waals surface area contributed by atoms with Crippen molar-refractivity contribution < 1.29 is 9.90 Å². The first-order valence-corrected chi connectivity index (χ1v) is 8.90. The second-order valence-electron chi connectivity index (χ2n) is 6.83. The Morgan fingerprint density at radius 3 is 2.61 bits per heavy atom. The highest BCUT2D eigenvalue weighted by Crippen LogP contribution is 2.29. The van der Waals surface area contributed by atoms with Gasteiger partial charge >= 0.3 is 0 Å². The lowest BCUT2D eigenvalue weighted by Gasteiger charge is -2.37. The number of halogens is 1. The van der Waals surface area contributed by atoms with Crippen molar-refractivity contribution in [2.75, 3.05) is 13.1 Å². The van der Waals surface area contributed by atoms with E-state index >= 15 is 0 Å². The Balaban J connectivity index is 1.52. The molecule has 3 rings (SSSR count). The number of aliphatic hydroxyl groups excluding tert-OH is 1. The molecule has 4 nitrogen and oxygen atoms in total. The summed E-state index contributed by atoms with van der Waals surface area (Å²) in [5, 5.41) is 13.9. The van der Waals surface area contributed by atoms with E-state index in [2.05, 4.69) is 23.2 Å². The molecule has 0 unspecified atom stereocenters. The fraction of sp³-hybridized carbons (Fsp3) is 0.611. The number of carbonyl (C=O) groups is 1. The molecule has 1 amide bonds. The van der Waals surface area contributed by atoms with Crippen molar-refractivity contribution in [3.8, 4) is 0 Å². The van der Waals surface area contributed by atoms with Crippen molar-refractivity contribution >= 4 is 17.5 Å². The predicted octanol–water partition coefficient (Wildman–Crippen LogP) is 2.75. The maximum Gasteiger partial charge on any atom is 0.249 e. The smallest absolute Gasteiger partial charge is 0.249 e. The minimum absolute atomic E-state index is 0.0663. The largest absolute Gasteiger partial charge is 0.383 e. The van der Waals surface area contributed by atoms with Gasteiger partial charge in [-0.15, -0.1) is 0 Å². The zero-order valence-corrected chi connectivity index (χ0v) is 14.3. The van der Waals surface area contributed by atoms with E-state index in [0.29, 0.717) is 12.1 Å². The van der Waals surface area contributed by atoms with E-state index < -0.39 is 6.10 Å². The van der Waals surface area contributed by atoms with Crippen molar-refractivity contribution in [2.24, 2.45) is 5.92 Å². The van der Waals surface area contributed by atoms with Crippen LogP contribution in [0.5, 0.6) is 0 Å². The van der Waals surface area contributed by atoms with Crippen LogP contribution < -0.4 is 5.32 Å². The molecule has 1 heterocycles. The average molecular weight is 337 g/mol. The Hall–Kier alpha value is -1.10. The lowest BCUT2D eigenvalue weighted by molar-refractivity contribution is -0.133. The van der Waals surface area contributed by atoms with E-state index in [9.17, 15) is 9.90 Å². The molecule has 1 saturated heterocycles. The van der Waals surface area contributed by atoms with E-state index in [4.69, 9.17) is 11.6 Å². The molecule has 0 radical (unpaired) electrons. The number of hydrogen-bond acceptors (Lipinski definition) is 3. The monoisotopic (exact) mass is 336 g/mol. The molecule has 2 N–H and O–H groups in total. The van der Waals surface area contributed by atoms with E-state index in [1.807, 2.05) is 18.2 Å². The molecule has 1 saturated carbocycles. The minimum Gasteiger partial charge on any atom is -0.383 e. The van der Waals surface area contributed by atoms with Gasteiger partial charge in [-0.05, 0) is 69.3 Å². The predicted molar refractivity (Wildman–Crippen MR) is 91.3 cm³/mol. The Labute approximate surface area is 142 Å². The summed E-state index contributed by atoms with van der Waals surface area (Å²) >= 11 is 6.08. The lowest BCUT2D eigenvalue weighted by atomic mass is 9.89. The number of amides is 1. The summed E-state index contributed by atoms with van der Waals surface area (Å²) < 4.78 is 0. The van der Waals surface area contributed by atoms with Gasteiger partial charge in [0.25, 0.3) is 0 Å². The van der Waals surface area contributed by atoms with Crippen molar-refractivity contribution in [1.29, 1.82) is 0 Å². The number of piperidine rings is 1. The normalized spacial score (nSPS) is 22.6. The van der Waals surface area contributed by atoms with Crippen LogP contribution in [0.2, 0.25) is 5.02 Å². The maximum absolute atomic E-state index is 12.0. The molecule has 0 aromatic heterocycles. The summed E-state index contributed by atoms with van der Waals surface area (Å²) in [7, 11) is 0. The molecule has 1 aromatic rings. The van der Waals surface area contributed by atoms with Gasteiger partial charge in [0, 0.05) is 17.1 Å². The number of carbonyl (C=O) groups excluding carboxylic acids is 1. The molecular weight excluding hydrogens is 312 g/mol. The average Bonchev–Trinajstić information content (AvgIpc) is 3.37. The van der Waals surface area contributed by atoms with Crippen molar-refractivity contribution in [3.63, 3.8) is 0 Å². The van der Waals surface area contributed by atoms with Crippen LogP contribution in [0.25, 0.3) is 0 Å². The fourth-order valence-corrected chi connectivity index (χ4v) is 3.53. The van der Waals surface area contributed by atoms with Gasteiger partial charge in [0.15, 0.2) is 0 Å². The van der Waals surface area contributed by atoms with Crippen LogP contribution in [0.1, 0.15) is 44.2 Å². The first-order valence-electron chi connectivity index (χ1n) is 8.52. The third kappa shape index (κ3) is 4.25. The topological polar surface area (TPSA) is 52.6 Å². The van der Waals surface area contributed by atoms with Gasteiger partial charge < -0.3 is 10.4 Å². The van der Waals surface area contributed by atoms with E-state index in [0.717, 1.165) is 43.8 Å². The summed E-state index contributed by atoms with van der Waals surface area (Å²) in [5.41, 5.74) is 1.21. The third-order valence-electron chi connectivity index (χ3n) is 5.09. The van der Waals surface area contributed by atoms with Gasteiger partial charge in [-0.1, -0.05) is 23.7 Å². The molecule has 5 heteroatoms. The molecule has 0 bridgehead atoms. The SMILES string of the molecule is C[C@@H](c1cccc(Cl)c1)N1CCC([C@H](O)C(=O)NC2CC2)CC1. The third-order valence-corrected chi connectivity index (χ3v) is 5.33. The molecule has 23 heavy (non-hydrogen) atoms. The lowest BCUT2D eigenvalue weighted by Crippen LogP contribution is -2.45. The summed E-state index contributed by atoms with van der Waals surface area (Å²) in [4.78, 5) is 14.4. The van der Waals surface area contributed by atoms with Gasteiger partial charge in [0.05, 0.1) is 0 Å². The second-order valence-corrected chi connectivity index (χ2v) is 7.27. The standard InChI is InChI=1S/C18H25ClN2O2/c1-12(14-3-2-4-15(19)11-14)21-9-7-13(8-10-21)17(22)18(23)20-16-5-6-16/h2-4,11-13,16-17,22H,5-10H2,1H3,(H,20,23)/t12-,17-/m0/s1. The van der Waals surface area contributed by atoms with Gasteiger partial charge in [-0.2, -0.15) is 0 Å². The van der Waals surface area contributed by atoms with Crippen molar-refractivity contribution in [1.82, 2.24) is 10.2 Å². The summed E-state index contributed by atoms with van der Waals surface area (Å²) in [6, 6.07) is 8.58. The summed E-state index contributed by atoms with van der Waals surface area (Å²) in [5.74, 6) is -0.120. The van der Waals surface area contributed by atoms with E-state index in [-0.39, 0.29) is 11.8 Å². The zero-order valence-electron chi connectivity index (χ0n) is 13.5. The molecule has 2 atom stereocenters. The minimum atomic E-state index is -0.862. The van der Waals surface area contributed by atoms with Crippen LogP contribution in [0.4, 0.5) is 0 Å². The molecule has 2 fully saturated rings. The molecule has 126 valence electrons. The molecule has 2 aliphatic rings. The highest BCUT2D eigenvalue weighted by molar-refractivity contribution is 6.30. The van der Waals surface area contributed by atoms with E-state index in [1.54, 1.807) is 0 Å². The van der Waals surface area contributed by atoms with Crippen LogP contribution in [0, 0.1) is 5.92 Å². The quantitative estimate of drug-likeness (QED) is 0.869. The number of aliphatic hydroxyl groups is 1. The first kappa shape index (κ1) is 16.7. The molecule has 1 aromatic carbocycles. The molecular formula is C18H25ClN2O2. The van der Waals surface area contributed by atoms with Gasteiger partial charge in [0.1, 0.15) is 6.10 Å². The Morgan fingerprint density at radius 2 is 2.00 bits per heavy atom. The number of hydrogen-bond donors (Lipinski definition) is 2. The highest BCUT2D eigenvalue weighted by Gasteiger charge is 2.33. The zero-order chi connectivity index (χ0) is 16.4. The summed E-state index contributed by atoms with van der Waals surface area (Å²) in [6.07, 6.45) is 2.94.